The number of nitrogens with zero attached hydrogens (tertiary/aromatic N) is 3. The third-order valence-corrected chi connectivity index (χ3v) is 4.06. The van der Waals surface area contributed by atoms with Gasteiger partial charge < -0.3 is 10.6 Å². The number of halogens is 1. The van der Waals surface area contributed by atoms with Crippen molar-refractivity contribution in [3.05, 3.63) is 36.7 Å². The van der Waals surface area contributed by atoms with E-state index in [0.29, 0.717) is 0 Å². The Kier molecular flexibility index (Phi) is 5.15. The van der Waals surface area contributed by atoms with E-state index in [1.165, 1.54) is 4.80 Å². The Morgan fingerprint density at radius 3 is 2.55 bits per heavy atom. The van der Waals surface area contributed by atoms with Crippen LogP contribution in [-0.4, -0.2) is 33.0 Å². The van der Waals surface area contributed by atoms with E-state index in [2.05, 4.69) is 20.8 Å². The van der Waals surface area contributed by atoms with E-state index in [1.807, 2.05) is 31.2 Å². The van der Waals surface area contributed by atoms with E-state index >= 15 is 0 Å². The molecule has 0 saturated carbocycles. The Labute approximate surface area is 135 Å². The van der Waals surface area contributed by atoms with Crippen molar-refractivity contribution in [2.45, 2.75) is 31.7 Å². The lowest BCUT2D eigenvalue weighted by atomic mass is 9.93. The lowest BCUT2D eigenvalue weighted by Crippen LogP contribution is -2.50. The van der Waals surface area contributed by atoms with Crippen LogP contribution in [0.25, 0.3) is 5.69 Å². The summed E-state index contributed by atoms with van der Waals surface area (Å²) in [5, 5.41) is 14.5. The molecule has 1 saturated heterocycles. The van der Waals surface area contributed by atoms with E-state index < -0.39 is 5.54 Å². The third-order valence-electron chi connectivity index (χ3n) is 4.06. The van der Waals surface area contributed by atoms with Gasteiger partial charge in [-0.15, -0.1) is 12.4 Å². The molecule has 7 heteroatoms. The Hall–Kier alpha value is -1.92. The molecule has 2 N–H and O–H groups in total. The van der Waals surface area contributed by atoms with Crippen molar-refractivity contribution in [2.75, 3.05) is 11.9 Å². The fourth-order valence-electron chi connectivity index (χ4n) is 2.74. The van der Waals surface area contributed by atoms with Crippen molar-refractivity contribution in [3.63, 3.8) is 0 Å². The molecule has 1 unspecified atom stereocenters. The number of benzene rings is 1. The van der Waals surface area contributed by atoms with Crippen LogP contribution >= 0.6 is 12.4 Å². The number of aromatic nitrogens is 3. The molecule has 1 aromatic carbocycles. The molecule has 1 aliphatic rings. The van der Waals surface area contributed by atoms with Crippen LogP contribution in [-0.2, 0) is 4.79 Å². The summed E-state index contributed by atoms with van der Waals surface area (Å²) in [5.41, 5.74) is 1.24. The number of amides is 1. The number of carbonyl (C=O) groups excluding carboxylic acids is 1. The Balaban J connectivity index is 0.00000176. The van der Waals surface area contributed by atoms with Crippen molar-refractivity contribution in [2.24, 2.45) is 0 Å². The van der Waals surface area contributed by atoms with Gasteiger partial charge in [0.15, 0.2) is 0 Å². The highest BCUT2D eigenvalue weighted by Gasteiger charge is 2.38. The van der Waals surface area contributed by atoms with E-state index in [9.17, 15) is 4.79 Å². The topological polar surface area (TPSA) is 71.8 Å². The number of anilines is 1. The smallest absolute Gasteiger partial charge is 0.244 e. The largest absolute Gasteiger partial charge is 0.324 e. The highest BCUT2D eigenvalue weighted by atomic mass is 35.5. The van der Waals surface area contributed by atoms with E-state index in [4.69, 9.17) is 0 Å². The zero-order valence-electron chi connectivity index (χ0n) is 12.5. The van der Waals surface area contributed by atoms with Gasteiger partial charge in [-0.2, -0.15) is 15.0 Å². The Bertz CT molecular complexity index is 605. The standard InChI is InChI=1S/C15H19N5O.ClH/c1-2-15(8-3-9-16-15)14(21)19-12-4-6-13(7-5-12)20-17-10-11-18-20;/h4-7,10-11,16H,2-3,8-9H2,1H3,(H,19,21);1H. The molecule has 0 aliphatic carbocycles. The predicted molar refractivity (Wildman–Crippen MR) is 87.5 cm³/mol. The highest BCUT2D eigenvalue weighted by molar-refractivity contribution is 5.98. The second kappa shape index (κ2) is 6.89. The predicted octanol–water partition coefficient (Wildman–Crippen LogP) is 2.16. The number of carbonyl (C=O) groups is 1. The fraction of sp³-hybridized carbons (Fsp3) is 0.400. The number of hydrogen-bond acceptors (Lipinski definition) is 4. The summed E-state index contributed by atoms with van der Waals surface area (Å²) in [7, 11) is 0. The van der Waals surface area contributed by atoms with Crippen LogP contribution in [0.1, 0.15) is 26.2 Å². The first-order chi connectivity index (χ1) is 10.2. The molecule has 2 heterocycles. The monoisotopic (exact) mass is 321 g/mol. The second-order valence-corrected chi connectivity index (χ2v) is 5.29. The molecule has 1 aliphatic heterocycles. The van der Waals surface area contributed by atoms with Gasteiger partial charge in [0, 0.05) is 5.69 Å². The SMILES string of the molecule is CCC1(C(=O)Nc2ccc(-n3nccn3)cc2)CCCN1.Cl. The van der Waals surface area contributed by atoms with Gasteiger partial charge in [0.05, 0.1) is 23.6 Å². The molecule has 1 aromatic heterocycles. The van der Waals surface area contributed by atoms with Gasteiger partial charge in [0.25, 0.3) is 0 Å². The van der Waals surface area contributed by atoms with Gasteiger partial charge in [-0.05, 0) is 50.1 Å². The Morgan fingerprint density at radius 1 is 1.32 bits per heavy atom. The molecule has 118 valence electrons. The zero-order valence-corrected chi connectivity index (χ0v) is 13.3. The minimum absolute atomic E-state index is 0. The molecule has 0 spiro atoms. The maximum absolute atomic E-state index is 12.5. The van der Waals surface area contributed by atoms with Crippen molar-refractivity contribution < 1.29 is 4.79 Å². The first-order valence-corrected chi connectivity index (χ1v) is 7.27. The van der Waals surface area contributed by atoms with Gasteiger partial charge >= 0.3 is 0 Å². The van der Waals surface area contributed by atoms with Crippen molar-refractivity contribution in [1.82, 2.24) is 20.3 Å². The van der Waals surface area contributed by atoms with E-state index in [1.54, 1.807) is 12.4 Å². The molecular weight excluding hydrogens is 302 g/mol. The van der Waals surface area contributed by atoms with Gasteiger partial charge in [-0.3, -0.25) is 4.79 Å². The summed E-state index contributed by atoms with van der Waals surface area (Å²) < 4.78 is 0. The highest BCUT2D eigenvalue weighted by Crippen LogP contribution is 2.25. The zero-order chi connectivity index (χ0) is 14.7. The molecule has 6 nitrogen and oxygen atoms in total. The molecular formula is C15H20ClN5O. The molecule has 0 radical (unpaired) electrons. The van der Waals surface area contributed by atoms with Crippen molar-refractivity contribution >= 4 is 24.0 Å². The number of rotatable bonds is 4. The minimum atomic E-state index is -0.414. The summed E-state index contributed by atoms with van der Waals surface area (Å²) in [6.07, 6.45) is 6.00. The van der Waals surface area contributed by atoms with Crippen LogP contribution in [0.15, 0.2) is 36.7 Å². The summed E-state index contributed by atoms with van der Waals surface area (Å²) in [6.45, 7) is 2.95. The van der Waals surface area contributed by atoms with Gasteiger partial charge in [-0.1, -0.05) is 6.92 Å². The maximum atomic E-state index is 12.5. The summed E-state index contributed by atoms with van der Waals surface area (Å²) in [4.78, 5) is 14.0. The average molecular weight is 322 g/mol. The van der Waals surface area contributed by atoms with Crippen molar-refractivity contribution in [3.8, 4) is 5.69 Å². The molecule has 3 rings (SSSR count). The molecule has 2 aromatic rings. The van der Waals surface area contributed by atoms with Gasteiger partial charge in [0.2, 0.25) is 5.91 Å². The maximum Gasteiger partial charge on any atom is 0.244 e. The first kappa shape index (κ1) is 16.5. The lowest BCUT2D eigenvalue weighted by Gasteiger charge is -2.26. The number of nitrogens with one attached hydrogen (secondary N) is 2. The molecule has 0 bridgehead atoms. The summed E-state index contributed by atoms with van der Waals surface area (Å²) in [5.74, 6) is 0.0486. The van der Waals surface area contributed by atoms with Crippen LogP contribution in [0.4, 0.5) is 5.69 Å². The molecule has 22 heavy (non-hydrogen) atoms. The number of hydrogen-bond donors (Lipinski definition) is 2. The molecule has 1 atom stereocenters. The summed E-state index contributed by atoms with van der Waals surface area (Å²) in [6, 6.07) is 7.51. The quantitative estimate of drug-likeness (QED) is 0.905. The van der Waals surface area contributed by atoms with Crippen LogP contribution in [0, 0.1) is 0 Å². The van der Waals surface area contributed by atoms with Gasteiger partial charge in [-0.25, -0.2) is 0 Å². The molecule has 1 amide bonds. The average Bonchev–Trinajstić information content (AvgIpc) is 3.20. The molecule has 1 fully saturated rings. The van der Waals surface area contributed by atoms with Crippen LogP contribution in [0.5, 0.6) is 0 Å². The fourth-order valence-corrected chi connectivity index (χ4v) is 2.74. The van der Waals surface area contributed by atoms with E-state index in [0.717, 1.165) is 37.2 Å². The normalized spacial score (nSPS) is 20.4. The van der Waals surface area contributed by atoms with Gasteiger partial charge in [0.1, 0.15) is 0 Å². The van der Waals surface area contributed by atoms with Crippen LogP contribution in [0.2, 0.25) is 0 Å². The van der Waals surface area contributed by atoms with Crippen LogP contribution < -0.4 is 10.6 Å². The lowest BCUT2D eigenvalue weighted by molar-refractivity contribution is -0.122. The third kappa shape index (κ3) is 3.13. The minimum Gasteiger partial charge on any atom is -0.324 e. The Morgan fingerprint density at radius 2 is 2.00 bits per heavy atom. The van der Waals surface area contributed by atoms with Crippen molar-refractivity contribution in [1.29, 1.82) is 0 Å². The second-order valence-electron chi connectivity index (χ2n) is 5.29. The van der Waals surface area contributed by atoms with E-state index in [-0.39, 0.29) is 18.3 Å². The first-order valence-electron chi connectivity index (χ1n) is 7.27. The van der Waals surface area contributed by atoms with Crippen LogP contribution in [0.3, 0.4) is 0 Å². The summed E-state index contributed by atoms with van der Waals surface area (Å²) >= 11 is 0.